The van der Waals surface area contributed by atoms with Crippen LogP contribution in [-0.2, 0) is 20.3 Å². The normalized spacial score (nSPS) is 14.7. The highest BCUT2D eigenvalue weighted by molar-refractivity contribution is 7.13. The van der Waals surface area contributed by atoms with Crippen molar-refractivity contribution in [1.82, 2.24) is 0 Å². The Bertz CT molecular complexity index is 545. The highest BCUT2D eigenvalue weighted by atomic mass is 32.1. The maximum Gasteiger partial charge on any atom is 0.176 e. The molecule has 1 aromatic rings. The summed E-state index contributed by atoms with van der Waals surface area (Å²) < 4.78 is 24.4. The molecule has 1 aromatic heterocycles. The van der Waals surface area contributed by atoms with E-state index in [1.54, 1.807) is 0 Å². The minimum absolute atomic E-state index is 0.0342. The van der Waals surface area contributed by atoms with Crippen LogP contribution in [0, 0.1) is 0 Å². The summed E-state index contributed by atoms with van der Waals surface area (Å²) in [5.41, 5.74) is -0.0683. The van der Waals surface area contributed by atoms with Crippen LogP contribution < -0.4 is 9.47 Å². The Hall–Kier alpha value is -0.780. The maximum atomic E-state index is 6.47. The van der Waals surface area contributed by atoms with E-state index in [0.717, 1.165) is 37.6 Å². The minimum atomic E-state index is -0.0425. The first-order valence-electron chi connectivity index (χ1n) is 11.1. The van der Waals surface area contributed by atoms with Gasteiger partial charge in [-0.05, 0) is 26.7 Å². The number of thiophene rings is 1. The molecule has 4 nitrogen and oxygen atoms in total. The van der Waals surface area contributed by atoms with Crippen LogP contribution in [0.25, 0.3) is 0 Å². The predicted molar refractivity (Wildman–Crippen MR) is 124 cm³/mol. The average molecular weight is 429 g/mol. The van der Waals surface area contributed by atoms with E-state index in [9.17, 15) is 0 Å². The van der Waals surface area contributed by atoms with Gasteiger partial charge < -0.3 is 18.9 Å². The fraction of sp³-hybridized carbons (Fsp3) is 0.833. The van der Waals surface area contributed by atoms with Crippen LogP contribution in [0.3, 0.4) is 0 Å². The first-order valence-corrected chi connectivity index (χ1v) is 11.9. The van der Waals surface area contributed by atoms with Crippen LogP contribution in [0.1, 0.15) is 91.8 Å². The molecule has 2 atom stereocenters. The van der Waals surface area contributed by atoms with Gasteiger partial charge in [-0.2, -0.15) is 0 Å². The highest BCUT2D eigenvalue weighted by Crippen LogP contribution is 2.52. The van der Waals surface area contributed by atoms with E-state index in [0.29, 0.717) is 13.2 Å². The fourth-order valence-electron chi connectivity index (χ4n) is 2.86. The van der Waals surface area contributed by atoms with Gasteiger partial charge in [0.2, 0.25) is 0 Å². The van der Waals surface area contributed by atoms with Crippen LogP contribution in [0.4, 0.5) is 0 Å². The van der Waals surface area contributed by atoms with Gasteiger partial charge in [-0.1, -0.05) is 55.4 Å². The summed E-state index contributed by atoms with van der Waals surface area (Å²) in [5.74, 6) is 1.75. The van der Waals surface area contributed by atoms with Crippen molar-refractivity contribution < 1.29 is 18.9 Å². The summed E-state index contributed by atoms with van der Waals surface area (Å²) in [6, 6.07) is 0. The lowest BCUT2D eigenvalue weighted by Crippen LogP contribution is -2.24. The molecule has 0 saturated carbocycles. The van der Waals surface area contributed by atoms with Gasteiger partial charge in [0.05, 0.1) is 23.0 Å². The zero-order valence-corrected chi connectivity index (χ0v) is 21.3. The fourth-order valence-corrected chi connectivity index (χ4v) is 4.14. The molecule has 0 spiro atoms. The molecular weight excluding hydrogens is 384 g/mol. The van der Waals surface area contributed by atoms with E-state index >= 15 is 0 Å². The second-order valence-electron chi connectivity index (χ2n) is 9.93. The summed E-state index contributed by atoms with van der Waals surface area (Å²) in [6.07, 6.45) is 1.94. The van der Waals surface area contributed by atoms with Gasteiger partial charge in [0, 0.05) is 24.0 Å². The third-order valence-corrected chi connectivity index (χ3v) is 6.23. The number of hydrogen-bond acceptors (Lipinski definition) is 5. The number of ether oxygens (including phenoxy) is 4. The van der Waals surface area contributed by atoms with Gasteiger partial charge in [-0.15, -0.1) is 11.3 Å². The van der Waals surface area contributed by atoms with Gasteiger partial charge in [-0.25, -0.2) is 0 Å². The summed E-state index contributed by atoms with van der Waals surface area (Å²) in [7, 11) is 0. The molecule has 170 valence electrons. The minimum Gasteiger partial charge on any atom is -0.483 e. The van der Waals surface area contributed by atoms with Crippen molar-refractivity contribution in [1.29, 1.82) is 0 Å². The van der Waals surface area contributed by atoms with Crippen LogP contribution in [0.5, 0.6) is 11.5 Å². The molecule has 2 unspecified atom stereocenters. The molecule has 29 heavy (non-hydrogen) atoms. The third-order valence-electron chi connectivity index (χ3n) is 4.23. The first-order chi connectivity index (χ1) is 13.4. The van der Waals surface area contributed by atoms with E-state index in [-0.39, 0.29) is 23.0 Å². The maximum absolute atomic E-state index is 6.47. The highest BCUT2D eigenvalue weighted by Gasteiger charge is 2.34. The molecule has 0 aromatic carbocycles. The number of hydrogen-bond donors (Lipinski definition) is 0. The van der Waals surface area contributed by atoms with Gasteiger partial charge in [-0.3, -0.25) is 0 Å². The van der Waals surface area contributed by atoms with Crippen molar-refractivity contribution >= 4 is 11.3 Å². The smallest absolute Gasteiger partial charge is 0.176 e. The van der Waals surface area contributed by atoms with Crippen molar-refractivity contribution in [3.8, 4) is 11.5 Å². The van der Waals surface area contributed by atoms with Gasteiger partial charge in [0.15, 0.2) is 11.5 Å². The van der Waals surface area contributed by atoms with E-state index in [1.165, 1.54) is 9.75 Å². The van der Waals surface area contributed by atoms with E-state index in [1.807, 2.05) is 11.3 Å². The molecule has 0 bridgehead atoms. The Kier molecular flexibility index (Phi) is 10.5. The molecule has 0 aliphatic carbocycles. The Morgan fingerprint density at radius 1 is 0.690 bits per heavy atom. The Labute approximate surface area is 183 Å². The SMILES string of the molecule is CCCOCC(C)Oc1c(C(C)(C)C)sc(C(C)(C)C)c1OC(C)COCCC. The van der Waals surface area contributed by atoms with Gasteiger partial charge >= 0.3 is 0 Å². The zero-order valence-electron chi connectivity index (χ0n) is 20.4. The lowest BCUT2D eigenvalue weighted by Gasteiger charge is -2.24. The number of rotatable bonds is 12. The Morgan fingerprint density at radius 3 is 1.31 bits per heavy atom. The summed E-state index contributed by atoms with van der Waals surface area (Å²) in [6.45, 7) is 24.4. The Balaban J connectivity index is 3.26. The van der Waals surface area contributed by atoms with Gasteiger partial charge in [0.1, 0.15) is 12.2 Å². The molecule has 0 fully saturated rings. The van der Waals surface area contributed by atoms with E-state index in [2.05, 4.69) is 69.2 Å². The molecule has 0 N–H and O–H groups in total. The molecule has 1 rings (SSSR count). The van der Waals surface area contributed by atoms with E-state index < -0.39 is 0 Å². The van der Waals surface area contributed by atoms with Crippen molar-refractivity contribution in [3.63, 3.8) is 0 Å². The van der Waals surface area contributed by atoms with E-state index in [4.69, 9.17) is 18.9 Å². The lowest BCUT2D eigenvalue weighted by molar-refractivity contribution is 0.0454. The summed E-state index contributed by atoms with van der Waals surface area (Å²) in [5, 5.41) is 0. The van der Waals surface area contributed by atoms with Crippen LogP contribution in [0.15, 0.2) is 0 Å². The summed E-state index contributed by atoms with van der Waals surface area (Å²) in [4.78, 5) is 2.45. The zero-order chi connectivity index (χ0) is 22.2. The molecular formula is C24H44O4S. The van der Waals surface area contributed by atoms with Crippen molar-refractivity contribution in [2.75, 3.05) is 26.4 Å². The molecule has 0 aliphatic heterocycles. The second-order valence-corrected chi connectivity index (χ2v) is 10.9. The largest absolute Gasteiger partial charge is 0.483 e. The second kappa shape index (κ2) is 11.6. The summed E-state index contributed by atoms with van der Waals surface area (Å²) >= 11 is 1.81. The third kappa shape index (κ3) is 8.47. The molecule has 0 saturated heterocycles. The van der Waals surface area contributed by atoms with Gasteiger partial charge in [0.25, 0.3) is 0 Å². The van der Waals surface area contributed by atoms with Crippen molar-refractivity contribution in [3.05, 3.63) is 9.75 Å². The topological polar surface area (TPSA) is 36.9 Å². The predicted octanol–water partition coefficient (Wildman–Crippen LogP) is 6.73. The quantitative estimate of drug-likeness (QED) is 0.346. The first kappa shape index (κ1) is 26.3. The average Bonchev–Trinajstić information content (AvgIpc) is 2.94. The Morgan fingerprint density at radius 2 is 1.03 bits per heavy atom. The molecule has 0 amide bonds. The van der Waals surface area contributed by atoms with Crippen molar-refractivity contribution in [2.24, 2.45) is 0 Å². The molecule has 0 radical (unpaired) electrons. The lowest BCUT2D eigenvalue weighted by atomic mass is 9.91. The van der Waals surface area contributed by atoms with Crippen molar-refractivity contribution in [2.45, 2.75) is 105 Å². The monoisotopic (exact) mass is 428 g/mol. The molecule has 0 aliphatic rings. The standard InChI is InChI=1S/C24H44O4S/c1-11-13-25-15-17(3)27-19-20(28-18(4)16-26-14-12-2)22(24(8,9)10)29-21(19)23(5,6)7/h17-18H,11-16H2,1-10H3. The molecule has 1 heterocycles. The van der Waals surface area contributed by atoms with Crippen LogP contribution >= 0.6 is 11.3 Å². The van der Waals surface area contributed by atoms with Crippen LogP contribution in [0.2, 0.25) is 0 Å². The van der Waals surface area contributed by atoms with Crippen LogP contribution in [-0.4, -0.2) is 38.6 Å². The molecule has 5 heteroatoms.